The quantitative estimate of drug-likeness (QED) is 0.305. The van der Waals surface area contributed by atoms with Crippen LogP contribution in [0.1, 0.15) is 45.6 Å². The van der Waals surface area contributed by atoms with E-state index >= 15 is 0 Å². The summed E-state index contributed by atoms with van der Waals surface area (Å²) in [6, 6.07) is 7.96. The molecule has 0 spiro atoms. The van der Waals surface area contributed by atoms with Crippen LogP contribution in [0.3, 0.4) is 0 Å². The first-order valence-electron chi connectivity index (χ1n) is 9.97. The SMILES string of the molecule is CN=C(NCCc1ccc(NC(C)=O)cc1)NCC(C)(C)N1CCCCC1.I. The van der Waals surface area contributed by atoms with Gasteiger partial charge < -0.3 is 16.0 Å². The first-order chi connectivity index (χ1) is 12.9. The van der Waals surface area contributed by atoms with Gasteiger partial charge in [0.1, 0.15) is 0 Å². The summed E-state index contributed by atoms with van der Waals surface area (Å²) in [5, 5.41) is 9.65. The van der Waals surface area contributed by atoms with Gasteiger partial charge in [0.25, 0.3) is 0 Å². The van der Waals surface area contributed by atoms with E-state index in [0.717, 1.165) is 31.2 Å². The molecule has 0 aromatic heterocycles. The molecular weight excluding hydrogens is 465 g/mol. The lowest BCUT2D eigenvalue weighted by molar-refractivity contribution is -0.114. The van der Waals surface area contributed by atoms with Crippen LogP contribution in [-0.2, 0) is 11.2 Å². The van der Waals surface area contributed by atoms with E-state index in [-0.39, 0.29) is 35.4 Å². The van der Waals surface area contributed by atoms with Crippen molar-refractivity contribution in [3.05, 3.63) is 29.8 Å². The Morgan fingerprint density at radius 2 is 1.75 bits per heavy atom. The highest BCUT2D eigenvalue weighted by molar-refractivity contribution is 14.0. The lowest BCUT2D eigenvalue weighted by atomic mass is 9.98. The third-order valence-corrected chi connectivity index (χ3v) is 5.10. The van der Waals surface area contributed by atoms with E-state index in [1.807, 2.05) is 31.3 Å². The van der Waals surface area contributed by atoms with Crippen molar-refractivity contribution in [3.63, 3.8) is 0 Å². The maximum atomic E-state index is 11.1. The molecular formula is C21H36IN5O. The summed E-state index contributed by atoms with van der Waals surface area (Å²) in [6.07, 6.45) is 4.86. The Morgan fingerprint density at radius 1 is 1.11 bits per heavy atom. The molecule has 1 heterocycles. The monoisotopic (exact) mass is 501 g/mol. The minimum atomic E-state index is -0.0493. The summed E-state index contributed by atoms with van der Waals surface area (Å²) >= 11 is 0. The molecule has 3 N–H and O–H groups in total. The fourth-order valence-electron chi connectivity index (χ4n) is 3.41. The van der Waals surface area contributed by atoms with Crippen molar-refractivity contribution < 1.29 is 4.79 Å². The van der Waals surface area contributed by atoms with Gasteiger partial charge in [-0.3, -0.25) is 14.7 Å². The second-order valence-corrected chi connectivity index (χ2v) is 7.84. The maximum absolute atomic E-state index is 11.1. The molecule has 1 amide bonds. The zero-order valence-corrected chi connectivity index (χ0v) is 20.0. The van der Waals surface area contributed by atoms with Gasteiger partial charge in [-0.25, -0.2) is 0 Å². The fraction of sp³-hybridized carbons (Fsp3) is 0.619. The van der Waals surface area contributed by atoms with E-state index in [9.17, 15) is 4.79 Å². The third-order valence-electron chi connectivity index (χ3n) is 5.10. The van der Waals surface area contributed by atoms with Crippen LogP contribution in [0.2, 0.25) is 0 Å². The molecule has 1 aliphatic rings. The minimum Gasteiger partial charge on any atom is -0.356 e. The molecule has 0 bridgehead atoms. The molecule has 28 heavy (non-hydrogen) atoms. The molecule has 6 nitrogen and oxygen atoms in total. The fourth-order valence-corrected chi connectivity index (χ4v) is 3.41. The van der Waals surface area contributed by atoms with Gasteiger partial charge in [0.15, 0.2) is 5.96 Å². The molecule has 0 atom stereocenters. The molecule has 1 aliphatic heterocycles. The Bertz CT molecular complexity index is 624. The smallest absolute Gasteiger partial charge is 0.221 e. The van der Waals surface area contributed by atoms with Gasteiger partial charge in [-0.1, -0.05) is 18.6 Å². The largest absolute Gasteiger partial charge is 0.356 e. The van der Waals surface area contributed by atoms with E-state index in [2.05, 4.69) is 39.7 Å². The van der Waals surface area contributed by atoms with Crippen LogP contribution in [-0.4, -0.2) is 55.5 Å². The second-order valence-electron chi connectivity index (χ2n) is 7.84. The van der Waals surface area contributed by atoms with Crippen molar-refractivity contribution >= 4 is 41.5 Å². The number of benzene rings is 1. The predicted octanol–water partition coefficient (Wildman–Crippen LogP) is 3.24. The molecule has 1 aromatic carbocycles. The highest BCUT2D eigenvalue weighted by atomic mass is 127. The molecule has 1 saturated heterocycles. The number of likely N-dealkylation sites (tertiary alicyclic amines) is 1. The average Bonchev–Trinajstić information content (AvgIpc) is 2.66. The Labute approximate surface area is 187 Å². The summed E-state index contributed by atoms with van der Waals surface area (Å²) in [5.74, 6) is 0.793. The number of aliphatic imine (C=N–C) groups is 1. The van der Waals surface area contributed by atoms with Gasteiger partial charge >= 0.3 is 0 Å². The predicted molar refractivity (Wildman–Crippen MR) is 129 cm³/mol. The lowest BCUT2D eigenvalue weighted by Gasteiger charge is -2.41. The van der Waals surface area contributed by atoms with E-state index < -0.39 is 0 Å². The zero-order chi connectivity index (χ0) is 19.7. The van der Waals surface area contributed by atoms with Crippen molar-refractivity contribution in [2.24, 2.45) is 4.99 Å². The minimum absolute atomic E-state index is 0. The van der Waals surface area contributed by atoms with Crippen molar-refractivity contribution in [1.82, 2.24) is 15.5 Å². The van der Waals surface area contributed by atoms with Crippen LogP contribution >= 0.6 is 24.0 Å². The van der Waals surface area contributed by atoms with E-state index in [1.54, 1.807) is 0 Å². The maximum Gasteiger partial charge on any atom is 0.221 e. The lowest BCUT2D eigenvalue weighted by Crippen LogP contribution is -2.55. The van der Waals surface area contributed by atoms with Crippen molar-refractivity contribution in [2.45, 2.75) is 52.0 Å². The Kier molecular flexibility index (Phi) is 10.8. The standard InChI is InChI=1S/C21H35N5O.HI/c1-17(27)25-19-10-8-18(9-11-19)12-13-23-20(22-4)24-16-21(2,3)26-14-6-5-7-15-26;/h8-11H,5-7,12-16H2,1-4H3,(H,25,27)(H2,22,23,24);1H. The highest BCUT2D eigenvalue weighted by Crippen LogP contribution is 2.19. The van der Waals surface area contributed by atoms with Crippen LogP contribution in [0.4, 0.5) is 5.69 Å². The molecule has 0 radical (unpaired) electrons. The van der Waals surface area contributed by atoms with Gasteiger partial charge in [0.2, 0.25) is 5.91 Å². The van der Waals surface area contributed by atoms with Gasteiger partial charge in [0.05, 0.1) is 0 Å². The van der Waals surface area contributed by atoms with Gasteiger partial charge in [-0.15, -0.1) is 24.0 Å². The summed E-state index contributed by atoms with van der Waals surface area (Å²) in [5.41, 5.74) is 2.18. The topological polar surface area (TPSA) is 68.8 Å². The number of hydrogen-bond donors (Lipinski definition) is 3. The number of hydrogen-bond acceptors (Lipinski definition) is 3. The molecule has 1 aromatic rings. The number of carbonyl (C=O) groups is 1. The van der Waals surface area contributed by atoms with Crippen molar-refractivity contribution in [3.8, 4) is 0 Å². The van der Waals surface area contributed by atoms with E-state index in [4.69, 9.17) is 0 Å². The number of rotatable bonds is 7. The number of halogens is 1. The molecule has 2 rings (SSSR count). The van der Waals surface area contributed by atoms with E-state index in [1.165, 1.54) is 44.8 Å². The normalized spacial score (nSPS) is 15.5. The number of nitrogens with zero attached hydrogens (tertiary/aromatic N) is 2. The second kappa shape index (κ2) is 12.3. The van der Waals surface area contributed by atoms with Crippen LogP contribution in [0.5, 0.6) is 0 Å². The molecule has 0 unspecified atom stereocenters. The summed E-state index contributed by atoms with van der Waals surface area (Å²) in [6.45, 7) is 10.2. The molecule has 158 valence electrons. The first-order valence-corrected chi connectivity index (χ1v) is 9.97. The third kappa shape index (κ3) is 8.34. The van der Waals surface area contributed by atoms with Gasteiger partial charge in [-0.2, -0.15) is 0 Å². The molecule has 0 aliphatic carbocycles. The Balaban J connectivity index is 0.00000392. The molecule has 7 heteroatoms. The van der Waals surface area contributed by atoms with Gasteiger partial charge in [-0.05, 0) is 63.9 Å². The van der Waals surface area contributed by atoms with Gasteiger partial charge in [0, 0.05) is 38.3 Å². The first kappa shape index (κ1) is 24.7. The summed E-state index contributed by atoms with van der Waals surface area (Å²) in [7, 11) is 1.81. The molecule has 0 saturated carbocycles. The van der Waals surface area contributed by atoms with Crippen LogP contribution in [0, 0.1) is 0 Å². The highest BCUT2D eigenvalue weighted by Gasteiger charge is 2.27. The summed E-state index contributed by atoms with van der Waals surface area (Å²) < 4.78 is 0. The van der Waals surface area contributed by atoms with E-state index in [0.29, 0.717) is 0 Å². The van der Waals surface area contributed by atoms with Crippen LogP contribution in [0.25, 0.3) is 0 Å². The number of guanidine groups is 1. The average molecular weight is 501 g/mol. The Morgan fingerprint density at radius 3 is 2.32 bits per heavy atom. The number of nitrogens with one attached hydrogen (secondary N) is 3. The number of amides is 1. The zero-order valence-electron chi connectivity index (χ0n) is 17.7. The van der Waals surface area contributed by atoms with Crippen LogP contribution < -0.4 is 16.0 Å². The number of carbonyl (C=O) groups excluding carboxylic acids is 1. The Hall–Kier alpha value is -1.35. The number of anilines is 1. The van der Waals surface area contributed by atoms with Crippen LogP contribution in [0.15, 0.2) is 29.3 Å². The summed E-state index contributed by atoms with van der Waals surface area (Å²) in [4.78, 5) is 18.0. The number of piperidine rings is 1. The van der Waals surface area contributed by atoms with Crippen molar-refractivity contribution in [2.75, 3.05) is 38.5 Å². The van der Waals surface area contributed by atoms with Crippen molar-refractivity contribution in [1.29, 1.82) is 0 Å². The molecule has 1 fully saturated rings.